The minimum Gasteiger partial charge on any atom is -0.376 e. The molecule has 0 spiro atoms. The zero-order valence-electron chi connectivity index (χ0n) is 15.5. The SMILES string of the molecule is N#Cc1ncn(CC(=O)Nc2c(C#N)c3c(n2CC2CCCO2)CCCC3)n1. The lowest BCUT2D eigenvalue weighted by atomic mass is 9.95. The Balaban J connectivity index is 1.62. The molecule has 9 heteroatoms. The second-order valence-electron chi connectivity index (χ2n) is 7.14. The number of hydrogen-bond donors (Lipinski definition) is 1. The second kappa shape index (κ2) is 7.83. The summed E-state index contributed by atoms with van der Waals surface area (Å²) in [6.45, 7) is 1.32. The molecule has 9 nitrogen and oxygen atoms in total. The highest BCUT2D eigenvalue weighted by molar-refractivity contribution is 5.91. The van der Waals surface area contributed by atoms with Crippen molar-refractivity contribution >= 4 is 11.7 Å². The van der Waals surface area contributed by atoms with Gasteiger partial charge in [-0.15, -0.1) is 5.10 Å². The molecule has 0 saturated carbocycles. The first-order chi connectivity index (χ1) is 13.7. The van der Waals surface area contributed by atoms with Crippen molar-refractivity contribution in [2.24, 2.45) is 0 Å². The van der Waals surface area contributed by atoms with Gasteiger partial charge in [-0.05, 0) is 44.1 Å². The van der Waals surface area contributed by atoms with E-state index in [9.17, 15) is 10.1 Å². The fourth-order valence-electron chi connectivity index (χ4n) is 4.05. The summed E-state index contributed by atoms with van der Waals surface area (Å²) < 4.78 is 9.18. The van der Waals surface area contributed by atoms with Crippen LogP contribution in [0.5, 0.6) is 0 Å². The number of rotatable bonds is 5. The fraction of sp³-hybridized carbons (Fsp3) is 0.526. The van der Waals surface area contributed by atoms with Crippen LogP contribution < -0.4 is 5.32 Å². The van der Waals surface area contributed by atoms with Crippen molar-refractivity contribution in [3.8, 4) is 12.1 Å². The maximum Gasteiger partial charge on any atom is 0.252 e. The van der Waals surface area contributed by atoms with Crippen LogP contribution in [-0.4, -0.2) is 37.9 Å². The van der Waals surface area contributed by atoms with E-state index in [2.05, 4.69) is 26.0 Å². The van der Waals surface area contributed by atoms with E-state index in [1.165, 1.54) is 11.0 Å². The van der Waals surface area contributed by atoms with Gasteiger partial charge >= 0.3 is 0 Å². The third-order valence-electron chi connectivity index (χ3n) is 5.29. The van der Waals surface area contributed by atoms with Gasteiger partial charge in [0.15, 0.2) is 0 Å². The minimum atomic E-state index is -0.311. The monoisotopic (exact) mass is 379 g/mol. The average molecular weight is 379 g/mol. The number of aromatic nitrogens is 4. The first-order valence-electron chi connectivity index (χ1n) is 9.55. The Labute approximate surface area is 162 Å². The molecule has 0 bridgehead atoms. The highest BCUT2D eigenvalue weighted by Crippen LogP contribution is 2.34. The molecule has 0 aromatic carbocycles. The Morgan fingerprint density at radius 1 is 1.29 bits per heavy atom. The van der Waals surface area contributed by atoms with Gasteiger partial charge in [0, 0.05) is 12.3 Å². The number of nitrogens with zero attached hydrogens (tertiary/aromatic N) is 6. The number of nitrogens with one attached hydrogen (secondary N) is 1. The molecule has 1 unspecified atom stereocenters. The molecule has 4 rings (SSSR count). The maximum atomic E-state index is 12.6. The van der Waals surface area contributed by atoms with Crippen LogP contribution in [0.2, 0.25) is 0 Å². The molecule has 1 saturated heterocycles. The van der Waals surface area contributed by atoms with Gasteiger partial charge in [-0.1, -0.05) is 0 Å². The highest BCUT2D eigenvalue weighted by atomic mass is 16.5. The summed E-state index contributed by atoms with van der Waals surface area (Å²) in [5.74, 6) is 0.257. The van der Waals surface area contributed by atoms with Crippen molar-refractivity contribution in [1.29, 1.82) is 10.5 Å². The molecule has 2 aromatic heterocycles. The summed E-state index contributed by atoms with van der Waals surface area (Å²) in [6.07, 6.45) is 7.36. The Bertz CT molecular complexity index is 970. The van der Waals surface area contributed by atoms with Gasteiger partial charge in [0.2, 0.25) is 5.91 Å². The smallest absolute Gasteiger partial charge is 0.252 e. The topological polar surface area (TPSA) is 122 Å². The third kappa shape index (κ3) is 3.49. The maximum absolute atomic E-state index is 12.6. The van der Waals surface area contributed by atoms with Gasteiger partial charge in [0.25, 0.3) is 5.82 Å². The van der Waals surface area contributed by atoms with Crippen LogP contribution in [0, 0.1) is 22.7 Å². The van der Waals surface area contributed by atoms with Crippen LogP contribution in [0.15, 0.2) is 6.33 Å². The Hall–Kier alpha value is -3.17. The van der Waals surface area contributed by atoms with E-state index in [-0.39, 0.29) is 24.4 Å². The number of hydrogen-bond acceptors (Lipinski definition) is 6. The molecule has 3 heterocycles. The Morgan fingerprint density at radius 2 is 2.14 bits per heavy atom. The predicted molar refractivity (Wildman–Crippen MR) is 98.1 cm³/mol. The lowest BCUT2D eigenvalue weighted by Crippen LogP contribution is -2.24. The predicted octanol–water partition coefficient (Wildman–Crippen LogP) is 1.52. The van der Waals surface area contributed by atoms with Crippen LogP contribution in [0.1, 0.15) is 48.3 Å². The molecule has 1 aliphatic carbocycles. The van der Waals surface area contributed by atoms with Crippen LogP contribution >= 0.6 is 0 Å². The molecule has 1 amide bonds. The lowest BCUT2D eigenvalue weighted by molar-refractivity contribution is -0.117. The van der Waals surface area contributed by atoms with E-state index >= 15 is 0 Å². The number of nitriles is 2. The van der Waals surface area contributed by atoms with Gasteiger partial charge in [0.1, 0.15) is 30.8 Å². The first kappa shape index (κ1) is 18.2. The normalized spacial score (nSPS) is 18.3. The molecule has 1 fully saturated rings. The van der Waals surface area contributed by atoms with Gasteiger partial charge < -0.3 is 14.6 Å². The van der Waals surface area contributed by atoms with E-state index in [0.717, 1.165) is 56.4 Å². The molecule has 144 valence electrons. The zero-order valence-corrected chi connectivity index (χ0v) is 15.5. The van der Waals surface area contributed by atoms with Crippen molar-refractivity contribution in [2.75, 3.05) is 11.9 Å². The second-order valence-corrected chi connectivity index (χ2v) is 7.14. The largest absolute Gasteiger partial charge is 0.376 e. The zero-order chi connectivity index (χ0) is 19.5. The third-order valence-corrected chi connectivity index (χ3v) is 5.29. The van der Waals surface area contributed by atoms with E-state index in [0.29, 0.717) is 17.9 Å². The summed E-state index contributed by atoms with van der Waals surface area (Å²) in [6, 6.07) is 4.13. The van der Waals surface area contributed by atoms with E-state index in [1.54, 1.807) is 0 Å². The summed E-state index contributed by atoms with van der Waals surface area (Å²) in [5.41, 5.74) is 2.74. The highest BCUT2D eigenvalue weighted by Gasteiger charge is 2.28. The van der Waals surface area contributed by atoms with Crippen molar-refractivity contribution in [3.63, 3.8) is 0 Å². The molecule has 1 aliphatic heterocycles. The number of carbonyl (C=O) groups is 1. The average Bonchev–Trinajstić information content (AvgIpc) is 3.43. The number of ether oxygens (including phenoxy) is 1. The van der Waals surface area contributed by atoms with Crippen LogP contribution in [0.25, 0.3) is 0 Å². The summed E-state index contributed by atoms with van der Waals surface area (Å²) >= 11 is 0. The van der Waals surface area contributed by atoms with Gasteiger partial charge in [0.05, 0.1) is 18.2 Å². The Kier molecular flexibility index (Phi) is 5.09. The van der Waals surface area contributed by atoms with Crippen molar-refractivity contribution < 1.29 is 9.53 Å². The van der Waals surface area contributed by atoms with Crippen LogP contribution in [0.3, 0.4) is 0 Å². The lowest BCUT2D eigenvalue weighted by Gasteiger charge is -2.19. The summed E-state index contributed by atoms with van der Waals surface area (Å²) in [7, 11) is 0. The number of carbonyl (C=O) groups excluding carboxylic acids is 1. The van der Waals surface area contributed by atoms with Crippen LogP contribution in [0.4, 0.5) is 5.82 Å². The minimum absolute atomic E-state index is 0.0164. The molecular weight excluding hydrogens is 358 g/mol. The molecular formula is C19H21N7O2. The molecule has 2 aromatic rings. The molecule has 2 aliphatic rings. The number of fused-ring (bicyclic) bond motifs is 1. The van der Waals surface area contributed by atoms with Gasteiger partial charge in [-0.3, -0.25) is 4.79 Å². The molecule has 0 radical (unpaired) electrons. The Morgan fingerprint density at radius 3 is 2.86 bits per heavy atom. The van der Waals surface area contributed by atoms with Crippen molar-refractivity contribution in [3.05, 3.63) is 29.0 Å². The number of anilines is 1. The number of amides is 1. The van der Waals surface area contributed by atoms with Crippen molar-refractivity contribution in [1.82, 2.24) is 19.3 Å². The van der Waals surface area contributed by atoms with E-state index in [4.69, 9.17) is 10.00 Å². The van der Waals surface area contributed by atoms with Gasteiger partial charge in [-0.2, -0.15) is 10.5 Å². The quantitative estimate of drug-likeness (QED) is 0.840. The molecule has 1 N–H and O–H groups in total. The van der Waals surface area contributed by atoms with E-state index in [1.807, 2.05) is 6.07 Å². The first-order valence-corrected chi connectivity index (χ1v) is 9.55. The molecule has 1 atom stereocenters. The molecule has 28 heavy (non-hydrogen) atoms. The summed E-state index contributed by atoms with van der Waals surface area (Å²) in [4.78, 5) is 16.4. The summed E-state index contributed by atoms with van der Waals surface area (Å²) in [5, 5.41) is 25.4. The van der Waals surface area contributed by atoms with Crippen LogP contribution in [-0.2, 0) is 35.5 Å². The van der Waals surface area contributed by atoms with E-state index < -0.39 is 0 Å². The van der Waals surface area contributed by atoms with Gasteiger partial charge in [-0.25, -0.2) is 9.67 Å². The fourth-order valence-corrected chi connectivity index (χ4v) is 4.05. The van der Waals surface area contributed by atoms with Crippen molar-refractivity contribution in [2.45, 2.75) is 57.7 Å². The standard InChI is InChI=1S/C19H21N7O2/c20-8-15-14-5-1-2-6-16(14)26(10-13-4-3-7-28-13)19(15)23-18(27)11-25-12-22-17(9-21)24-25/h12-13H,1-7,10-11H2,(H,23,27).